The van der Waals surface area contributed by atoms with Gasteiger partial charge in [-0.25, -0.2) is 4.79 Å². The molecule has 0 fully saturated rings. The van der Waals surface area contributed by atoms with E-state index in [1.165, 1.54) is 0 Å². The lowest BCUT2D eigenvalue weighted by Gasteiger charge is -2.26. The quantitative estimate of drug-likeness (QED) is 0.176. The van der Waals surface area contributed by atoms with Crippen molar-refractivity contribution in [1.29, 1.82) is 0 Å². The van der Waals surface area contributed by atoms with Gasteiger partial charge in [0.15, 0.2) is 0 Å². The molecule has 1 aliphatic rings. The Hall–Kier alpha value is -3.98. The largest absolute Gasteiger partial charge is 0.489 e. The molecule has 8 heteroatoms. The molecule has 5 aromatic rings. The smallest absolute Gasteiger partial charge is 0.342 e. The first kappa shape index (κ1) is 25.3. The second-order valence-corrected chi connectivity index (χ2v) is 10.6. The molecule has 1 aromatic heterocycles. The minimum Gasteiger partial charge on any atom is -0.489 e. The first-order chi connectivity index (χ1) is 19.0. The summed E-state index contributed by atoms with van der Waals surface area (Å²) in [6.07, 6.45) is 2.29. The zero-order chi connectivity index (χ0) is 26.8. The van der Waals surface area contributed by atoms with Crippen LogP contribution in [0.1, 0.15) is 22.3 Å². The van der Waals surface area contributed by atoms with Crippen molar-refractivity contribution in [3.05, 3.63) is 125 Å². The van der Waals surface area contributed by atoms with Crippen LogP contribution < -0.4 is 4.74 Å². The van der Waals surface area contributed by atoms with Crippen molar-refractivity contribution in [2.45, 2.75) is 23.7 Å². The monoisotopic (exact) mass is 552 g/mol. The van der Waals surface area contributed by atoms with Crippen molar-refractivity contribution in [2.75, 3.05) is 6.26 Å². The molecule has 0 saturated heterocycles. The predicted octanol–water partition coefficient (Wildman–Crippen LogP) is 6.39. The average Bonchev–Trinajstić information content (AvgIpc) is 3.54. The Morgan fingerprint density at radius 1 is 0.897 bits per heavy atom. The van der Waals surface area contributed by atoms with E-state index in [1.807, 2.05) is 91.2 Å². The zero-order valence-corrected chi connectivity index (χ0v) is 22.7. The molecule has 2 heterocycles. The summed E-state index contributed by atoms with van der Waals surface area (Å²) < 4.78 is 20.3. The second-order valence-electron chi connectivity index (χ2n) is 9.18. The van der Waals surface area contributed by atoms with E-state index in [4.69, 9.17) is 9.47 Å². The Kier molecular flexibility index (Phi) is 6.91. The topological polar surface area (TPSA) is 81.5 Å². The minimum atomic E-state index is -1.90. The van der Waals surface area contributed by atoms with Crippen LogP contribution in [0.25, 0.3) is 16.6 Å². The van der Waals surface area contributed by atoms with E-state index in [9.17, 15) is 9.90 Å². The number of fused-ring (bicyclic) bond motifs is 1. The Bertz CT molecular complexity index is 1670. The molecule has 194 valence electrons. The van der Waals surface area contributed by atoms with Crippen molar-refractivity contribution in [3.63, 3.8) is 0 Å². The third-order valence-corrected chi connectivity index (χ3v) is 8.03. The number of esters is 1. The summed E-state index contributed by atoms with van der Waals surface area (Å²) in [5.41, 5.74) is 5.39. The Morgan fingerprint density at radius 3 is 2.38 bits per heavy atom. The molecule has 4 aromatic carbocycles. The van der Waals surface area contributed by atoms with Gasteiger partial charge in [0.2, 0.25) is 0 Å². The number of hydrogen-bond acceptors (Lipinski definition) is 8. The molecule has 39 heavy (non-hydrogen) atoms. The maximum absolute atomic E-state index is 13.3. The number of ether oxygens (including phenoxy) is 2. The number of carbonyl (C=O) groups is 1. The van der Waals surface area contributed by atoms with E-state index in [2.05, 4.69) is 8.75 Å². The van der Waals surface area contributed by atoms with Gasteiger partial charge in [-0.15, -0.1) is 11.8 Å². The molecule has 0 saturated carbocycles. The van der Waals surface area contributed by atoms with Crippen LogP contribution in [-0.2, 0) is 28.3 Å². The van der Waals surface area contributed by atoms with Gasteiger partial charge in [-0.3, -0.25) is 0 Å². The third-order valence-electron chi connectivity index (χ3n) is 6.73. The van der Waals surface area contributed by atoms with Crippen LogP contribution >= 0.6 is 23.5 Å². The Labute approximate surface area is 234 Å². The van der Waals surface area contributed by atoms with E-state index >= 15 is 0 Å². The summed E-state index contributed by atoms with van der Waals surface area (Å²) in [5, 5.41) is 11.9. The second kappa shape index (κ2) is 10.6. The molecule has 0 bridgehead atoms. The summed E-state index contributed by atoms with van der Waals surface area (Å²) >= 11 is 2.72. The summed E-state index contributed by atoms with van der Waals surface area (Å²) in [4.78, 5) is 14.4. The molecule has 0 amide bonds. The van der Waals surface area contributed by atoms with Crippen LogP contribution in [-0.4, -0.2) is 26.1 Å². The summed E-state index contributed by atoms with van der Waals surface area (Å²) in [5.74, 6) is -1.74. The molecule has 0 radical (unpaired) electrons. The van der Waals surface area contributed by atoms with Gasteiger partial charge in [0, 0.05) is 22.5 Å². The molecule has 6 nitrogen and oxygen atoms in total. The highest BCUT2D eigenvalue weighted by Crippen LogP contribution is 2.45. The van der Waals surface area contributed by atoms with E-state index in [0.717, 1.165) is 39.0 Å². The number of benzene rings is 4. The standard InChI is InChI=1S/C31H24N2O4S2/c1-38-25-14-10-23(11-15-25)31(35)26(29(30(34)37-31)22-9-16-27-28(18-22)33-39-32-27)17-20-7-12-24(13-8-20)36-19-21-5-3-2-4-6-21/h2-16,18,35H,17,19H2,1H3. The van der Waals surface area contributed by atoms with Crippen molar-refractivity contribution in [2.24, 2.45) is 0 Å². The number of carbonyl (C=O) groups excluding carboxylic acids is 1. The highest BCUT2D eigenvalue weighted by molar-refractivity contribution is 7.98. The van der Waals surface area contributed by atoms with Crippen LogP contribution in [0.15, 0.2) is 108 Å². The predicted molar refractivity (Wildman–Crippen MR) is 153 cm³/mol. The highest BCUT2D eigenvalue weighted by Gasteiger charge is 2.48. The number of aliphatic hydroxyl groups is 1. The van der Waals surface area contributed by atoms with Gasteiger partial charge in [-0.05, 0) is 59.3 Å². The van der Waals surface area contributed by atoms with Gasteiger partial charge < -0.3 is 14.6 Å². The van der Waals surface area contributed by atoms with Gasteiger partial charge >= 0.3 is 5.97 Å². The van der Waals surface area contributed by atoms with Gasteiger partial charge in [-0.1, -0.05) is 60.7 Å². The normalized spacial score (nSPS) is 17.0. The highest BCUT2D eigenvalue weighted by atomic mass is 32.2. The first-order valence-corrected chi connectivity index (χ1v) is 14.3. The van der Waals surface area contributed by atoms with Gasteiger partial charge in [0.1, 0.15) is 23.4 Å². The molecular formula is C31H24N2O4S2. The van der Waals surface area contributed by atoms with E-state index < -0.39 is 11.8 Å². The first-order valence-electron chi connectivity index (χ1n) is 12.4. The Balaban J connectivity index is 1.36. The maximum atomic E-state index is 13.3. The van der Waals surface area contributed by atoms with Crippen molar-refractivity contribution in [3.8, 4) is 5.75 Å². The maximum Gasteiger partial charge on any atom is 0.342 e. The lowest BCUT2D eigenvalue weighted by Crippen LogP contribution is -2.29. The zero-order valence-electron chi connectivity index (χ0n) is 21.0. The molecule has 1 atom stereocenters. The third kappa shape index (κ3) is 5.06. The minimum absolute atomic E-state index is 0.300. The van der Waals surface area contributed by atoms with Gasteiger partial charge in [0.05, 0.1) is 17.3 Å². The molecule has 1 unspecified atom stereocenters. The number of hydrogen-bond donors (Lipinski definition) is 1. The Morgan fingerprint density at radius 2 is 1.64 bits per heavy atom. The molecule has 0 spiro atoms. The lowest BCUT2D eigenvalue weighted by atomic mass is 9.88. The van der Waals surface area contributed by atoms with Crippen molar-refractivity contribution < 1.29 is 19.4 Å². The summed E-state index contributed by atoms with van der Waals surface area (Å²) in [6, 6.07) is 30.6. The average molecular weight is 553 g/mol. The molecular weight excluding hydrogens is 528 g/mol. The fraction of sp³-hybridized carbons (Fsp3) is 0.129. The molecule has 0 aliphatic carbocycles. The fourth-order valence-electron chi connectivity index (χ4n) is 4.68. The molecule has 1 aliphatic heterocycles. The molecule has 6 rings (SSSR count). The van der Waals surface area contributed by atoms with E-state index in [-0.39, 0.29) is 0 Å². The number of aromatic nitrogens is 2. The number of nitrogens with zero attached hydrogens (tertiary/aromatic N) is 2. The SMILES string of the molecule is CSc1ccc(C2(O)OC(=O)C(c3ccc4nsnc4c3)=C2Cc2ccc(OCc3ccccc3)cc2)cc1. The summed E-state index contributed by atoms with van der Waals surface area (Å²) in [7, 11) is 0. The molecule has 1 N–H and O–H groups in total. The fourth-order valence-corrected chi connectivity index (χ4v) is 5.60. The van der Waals surface area contributed by atoms with Crippen molar-refractivity contribution in [1.82, 2.24) is 8.75 Å². The van der Waals surface area contributed by atoms with Crippen LogP contribution in [0.2, 0.25) is 0 Å². The number of cyclic esters (lactones) is 1. The number of rotatable bonds is 8. The number of thioether (sulfide) groups is 1. The van der Waals surface area contributed by atoms with Gasteiger partial charge in [0.25, 0.3) is 5.79 Å². The lowest BCUT2D eigenvalue weighted by molar-refractivity contribution is -0.185. The van der Waals surface area contributed by atoms with Crippen molar-refractivity contribution >= 4 is 46.1 Å². The van der Waals surface area contributed by atoms with Crippen LogP contribution in [0.5, 0.6) is 5.75 Å². The van der Waals surface area contributed by atoms with Gasteiger partial charge in [-0.2, -0.15) is 8.75 Å². The van der Waals surface area contributed by atoms with Crippen LogP contribution in [0, 0.1) is 0 Å². The van der Waals surface area contributed by atoms with E-state index in [0.29, 0.717) is 40.8 Å². The summed E-state index contributed by atoms with van der Waals surface area (Å²) in [6.45, 7) is 0.470. The van der Waals surface area contributed by atoms with E-state index in [1.54, 1.807) is 23.9 Å². The van der Waals surface area contributed by atoms with Crippen LogP contribution in [0.3, 0.4) is 0 Å². The van der Waals surface area contributed by atoms with Crippen LogP contribution in [0.4, 0.5) is 0 Å².